The lowest BCUT2D eigenvalue weighted by molar-refractivity contribution is -0.112. The highest BCUT2D eigenvalue weighted by Crippen LogP contribution is 2.28. The first kappa shape index (κ1) is 13.3. The summed E-state index contributed by atoms with van der Waals surface area (Å²) in [5.74, 6) is -0.352. The number of aromatic nitrogens is 1. The number of hydrogen-bond acceptors (Lipinski definition) is 4. The standard InChI is InChI=1S/C16H12N2O2S/c17-15(20)12(9-10-5-7-11(19)8-6-10)16-18-13-3-1-2-4-14(13)21-16/h1-9,19H,(H2,17,20)/b12-9-. The quantitative estimate of drug-likeness (QED) is 0.729. The zero-order valence-corrected chi connectivity index (χ0v) is 11.8. The minimum atomic E-state index is -0.526. The predicted octanol–water partition coefficient (Wildman–Crippen LogP) is 3.03. The second kappa shape index (κ2) is 5.38. The fraction of sp³-hybridized carbons (Fsp3) is 0. The van der Waals surface area contributed by atoms with Gasteiger partial charge in [-0.3, -0.25) is 4.79 Å². The number of fused-ring (bicyclic) bond motifs is 1. The Bertz CT molecular complexity index is 802. The van der Waals surface area contributed by atoms with E-state index in [2.05, 4.69) is 4.98 Å². The lowest BCUT2D eigenvalue weighted by Gasteiger charge is -2.00. The van der Waals surface area contributed by atoms with Crippen molar-refractivity contribution in [1.82, 2.24) is 4.98 Å². The van der Waals surface area contributed by atoms with Crippen LogP contribution in [0.3, 0.4) is 0 Å². The number of amides is 1. The van der Waals surface area contributed by atoms with Gasteiger partial charge in [0.15, 0.2) is 0 Å². The Kier molecular flexibility index (Phi) is 3.41. The molecule has 3 rings (SSSR count). The van der Waals surface area contributed by atoms with Crippen LogP contribution in [0.2, 0.25) is 0 Å². The maximum absolute atomic E-state index is 11.7. The molecule has 21 heavy (non-hydrogen) atoms. The van der Waals surface area contributed by atoms with Crippen LogP contribution in [0.1, 0.15) is 10.6 Å². The number of nitrogens with zero attached hydrogens (tertiary/aromatic N) is 1. The molecule has 0 atom stereocenters. The van der Waals surface area contributed by atoms with Crippen molar-refractivity contribution in [3.8, 4) is 5.75 Å². The van der Waals surface area contributed by atoms with Gasteiger partial charge in [-0.15, -0.1) is 11.3 Å². The van der Waals surface area contributed by atoms with Gasteiger partial charge in [0, 0.05) is 0 Å². The van der Waals surface area contributed by atoms with Crippen LogP contribution in [0.25, 0.3) is 21.9 Å². The minimum Gasteiger partial charge on any atom is -0.508 e. The van der Waals surface area contributed by atoms with Gasteiger partial charge in [-0.2, -0.15) is 0 Å². The Labute approximate surface area is 125 Å². The van der Waals surface area contributed by atoms with Crippen molar-refractivity contribution >= 4 is 39.1 Å². The van der Waals surface area contributed by atoms with Gasteiger partial charge in [0.25, 0.3) is 5.91 Å². The molecule has 0 aliphatic rings. The number of phenolic OH excluding ortho intramolecular Hbond substituents is 1. The van der Waals surface area contributed by atoms with Gasteiger partial charge in [-0.05, 0) is 35.9 Å². The number of aromatic hydroxyl groups is 1. The van der Waals surface area contributed by atoms with Crippen molar-refractivity contribution in [2.24, 2.45) is 5.73 Å². The molecule has 4 nitrogen and oxygen atoms in total. The molecule has 0 spiro atoms. The molecule has 3 aromatic rings. The van der Waals surface area contributed by atoms with E-state index in [0.29, 0.717) is 10.6 Å². The number of carbonyl (C=O) groups excluding carboxylic acids is 1. The second-order valence-electron chi connectivity index (χ2n) is 4.50. The SMILES string of the molecule is NC(=O)/C(=C/c1ccc(O)cc1)c1nc2ccccc2s1. The zero-order valence-electron chi connectivity index (χ0n) is 11.0. The van der Waals surface area contributed by atoms with Gasteiger partial charge in [0.1, 0.15) is 10.8 Å². The van der Waals surface area contributed by atoms with Crippen LogP contribution in [0.5, 0.6) is 5.75 Å². The molecule has 0 unspecified atom stereocenters. The molecule has 1 heterocycles. The molecule has 0 bridgehead atoms. The summed E-state index contributed by atoms with van der Waals surface area (Å²) in [5.41, 5.74) is 7.46. The van der Waals surface area contributed by atoms with E-state index in [1.807, 2.05) is 24.3 Å². The Morgan fingerprint density at radius 3 is 2.52 bits per heavy atom. The minimum absolute atomic E-state index is 0.174. The molecule has 1 amide bonds. The van der Waals surface area contributed by atoms with Gasteiger partial charge >= 0.3 is 0 Å². The summed E-state index contributed by atoms with van der Waals surface area (Å²) in [6.07, 6.45) is 1.68. The fourth-order valence-corrected chi connectivity index (χ4v) is 2.95. The second-order valence-corrected chi connectivity index (χ2v) is 5.53. The highest BCUT2D eigenvalue weighted by Gasteiger charge is 2.13. The first-order chi connectivity index (χ1) is 10.1. The Morgan fingerprint density at radius 1 is 1.14 bits per heavy atom. The average Bonchev–Trinajstić information content (AvgIpc) is 2.89. The topological polar surface area (TPSA) is 76.2 Å². The average molecular weight is 296 g/mol. The van der Waals surface area contributed by atoms with Gasteiger partial charge in [-0.25, -0.2) is 4.98 Å². The Hall–Kier alpha value is -2.66. The molecule has 0 aliphatic heterocycles. The molecule has 0 saturated heterocycles. The van der Waals surface area contributed by atoms with E-state index in [1.54, 1.807) is 30.3 Å². The molecule has 2 aromatic carbocycles. The van der Waals surface area contributed by atoms with Crippen molar-refractivity contribution in [1.29, 1.82) is 0 Å². The summed E-state index contributed by atoms with van der Waals surface area (Å²) >= 11 is 1.43. The molecule has 0 saturated carbocycles. The summed E-state index contributed by atoms with van der Waals surface area (Å²) in [7, 11) is 0. The number of phenols is 1. The van der Waals surface area contributed by atoms with Crippen LogP contribution in [0.4, 0.5) is 0 Å². The highest BCUT2D eigenvalue weighted by atomic mass is 32.1. The first-order valence-electron chi connectivity index (χ1n) is 6.30. The third-order valence-electron chi connectivity index (χ3n) is 2.99. The summed E-state index contributed by atoms with van der Waals surface area (Å²) in [4.78, 5) is 16.2. The number of para-hydroxylation sites is 1. The van der Waals surface area contributed by atoms with Crippen molar-refractivity contribution in [3.05, 3.63) is 59.1 Å². The van der Waals surface area contributed by atoms with E-state index in [9.17, 15) is 9.90 Å². The third kappa shape index (κ3) is 2.78. The lowest BCUT2D eigenvalue weighted by Crippen LogP contribution is -2.12. The summed E-state index contributed by atoms with van der Waals surface area (Å²) < 4.78 is 1.00. The zero-order chi connectivity index (χ0) is 14.8. The third-order valence-corrected chi connectivity index (χ3v) is 4.06. The van der Waals surface area contributed by atoms with Crippen molar-refractivity contribution in [2.75, 3.05) is 0 Å². The maximum atomic E-state index is 11.7. The van der Waals surface area contributed by atoms with Crippen molar-refractivity contribution in [2.45, 2.75) is 0 Å². The van der Waals surface area contributed by atoms with E-state index >= 15 is 0 Å². The van der Waals surface area contributed by atoms with Crippen molar-refractivity contribution < 1.29 is 9.90 Å². The smallest absolute Gasteiger partial charge is 0.251 e. The number of thiazole rings is 1. The van der Waals surface area contributed by atoms with E-state index < -0.39 is 5.91 Å². The van der Waals surface area contributed by atoms with E-state index in [1.165, 1.54) is 11.3 Å². The largest absolute Gasteiger partial charge is 0.508 e. The highest BCUT2D eigenvalue weighted by molar-refractivity contribution is 7.19. The van der Waals surface area contributed by atoms with Crippen LogP contribution in [-0.4, -0.2) is 16.0 Å². The number of carbonyl (C=O) groups is 1. The van der Waals surface area contributed by atoms with Crippen LogP contribution in [0.15, 0.2) is 48.5 Å². The van der Waals surface area contributed by atoms with E-state index in [-0.39, 0.29) is 5.75 Å². The molecule has 0 aliphatic carbocycles. The molecule has 104 valence electrons. The van der Waals surface area contributed by atoms with Crippen LogP contribution in [0, 0.1) is 0 Å². The Morgan fingerprint density at radius 2 is 1.86 bits per heavy atom. The molecule has 5 heteroatoms. The number of rotatable bonds is 3. The van der Waals surface area contributed by atoms with Crippen LogP contribution < -0.4 is 5.73 Å². The molecular weight excluding hydrogens is 284 g/mol. The molecule has 3 N–H and O–H groups in total. The first-order valence-corrected chi connectivity index (χ1v) is 7.11. The molecular formula is C16H12N2O2S. The normalized spacial score (nSPS) is 11.7. The van der Waals surface area contributed by atoms with Gasteiger partial charge in [0.05, 0.1) is 15.8 Å². The van der Waals surface area contributed by atoms with Crippen LogP contribution >= 0.6 is 11.3 Å². The molecule has 1 aromatic heterocycles. The summed E-state index contributed by atoms with van der Waals surface area (Å²) in [5, 5.41) is 9.88. The van der Waals surface area contributed by atoms with Crippen LogP contribution in [-0.2, 0) is 4.79 Å². The van der Waals surface area contributed by atoms with Gasteiger partial charge in [0.2, 0.25) is 0 Å². The molecule has 0 fully saturated rings. The summed E-state index contributed by atoms with van der Waals surface area (Å²) in [6, 6.07) is 14.2. The number of hydrogen-bond donors (Lipinski definition) is 2. The monoisotopic (exact) mass is 296 g/mol. The number of benzene rings is 2. The van der Waals surface area contributed by atoms with E-state index in [0.717, 1.165) is 15.8 Å². The predicted molar refractivity (Wildman–Crippen MR) is 84.8 cm³/mol. The number of primary amides is 1. The van der Waals surface area contributed by atoms with E-state index in [4.69, 9.17) is 5.73 Å². The molecule has 0 radical (unpaired) electrons. The van der Waals surface area contributed by atoms with Gasteiger partial charge in [-0.1, -0.05) is 24.3 Å². The lowest BCUT2D eigenvalue weighted by atomic mass is 10.1. The van der Waals surface area contributed by atoms with Gasteiger partial charge < -0.3 is 10.8 Å². The fourth-order valence-electron chi connectivity index (χ4n) is 1.96. The number of nitrogens with two attached hydrogens (primary N) is 1. The Balaban J connectivity index is 2.09. The van der Waals surface area contributed by atoms with Crippen molar-refractivity contribution in [3.63, 3.8) is 0 Å². The maximum Gasteiger partial charge on any atom is 0.251 e. The summed E-state index contributed by atoms with van der Waals surface area (Å²) in [6.45, 7) is 0.